The highest BCUT2D eigenvalue weighted by atomic mass is 32.2. The molecule has 1 rings (SSSR count). The van der Waals surface area contributed by atoms with E-state index in [9.17, 15) is 19.7 Å². The number of benzene rings is 1. The molecule has 24 heavy (non-hydrogen) atoms. The monoisotopic (exact) mass is 355 g/mol. The lowest BCUT2D eigenvalue weighted by Gasteiger charge is -2.22. The second-order valence-corrected chi connectivity index (χ2v) is 6.91. The zero-order chi connectivity index (χ0) is 18.3. The number of alkyl carbamates (subject to hydrolysis) is 1. The number of carbonyl (C=O) groups excluding carboxylic acids is 2. The number of hydrogen-bond donors (Lipinski definition) is 2. The first-order valence-corrected chi connectivity index (χ1v) is 8.20. The summed E-state index contributed by atoms with van der Waals surface area (Å²) < 4.78 is 5.13. The van der Waals surface area contributed by atoms with Crippen molar-refractivity contribution in [2.75, 3.05) is 12.8 Å². The van der Waals surface area contributed by atoms with Crippen LogP contribution < -0.4 is 10.6 Å². The van der Waals surface area contributed by atoms with Gasteiger partial charge in [-0.05, 0) is 26.8 Å². The van der Waals surface area contributed by atoms with Crippen molar-refractivity contribution in [2.45, 2.75) is 37.3 Å². The molecule has 0 spiro atoms. The third-order valence-corrected chi connectivity index (χ3v) is 3.88. The number of nitrogens with one attached hydrogen (secondary N) is 2. The molecule has 0 aromatic heterocycles. The van der Waals surface area contributed by atoms with Gasteiger partial charge in [-0.25, -0.2) is 4.79 Å². The molecule has 2 N–H and O–H groups in total. The Labute approximate surface area is 144 Å². The smallest absolute Gasteiger partial charge is 0.408 e. The summed E-state index contributed by atoms with van der Waals surface area (Å²) in [6, 6.07) is 5.34. The average Bonchev–Trinajstić information content (AvgIpc) is 2.49. The SMILES string of the molecule is CNC(=O)[C@H](CSc1ccccc1[N+](=O)[O-])NC(=O)OC(C)(C)C. The summed E-state index contributed by atoms with van der Waals surface area (Å²) in [5, 5.41) is 15.9. The maximum absolute atomic E-state index is 11.9. The maximum atomic E-state index is 11.9. The number of rotatable bonds is 6. The first kappa shape index (κ1) is 19.8. The van der Waals surface area contributed by atoms with Gasteiger partial charge < -0.3 is 15.4 Å². The Bertz CT molecular complexity index is 615. The second kappa shape index (κ2) is 8.53. The Morgan fingerprint density at radius 3 is 2.50 bits per heavy atom. The molecule has 0 aliphatic rings. The third-order valence-electron chi connectivity index (χ3n) is 2.72. The van der Waals surface area contributed by atoms with Crippen LogP contribution >= 0.6 is 11.8 Å². The van der Waals surface area contributed by atoms with Crippen molar-refractivity contribution in [3.05, 3.63) is 34.4 Å². The molecule has 132 valence electrons. The van der Waals surface area contributed by atoms with Crippen molar-refractivity contribution in [1.82, 2.24) is 10.6 Å². The number of ether oxygens (including phenoxy) is 1. The number of nitro benzene ring substituents is 1. The second-order valence-electron chi connectivity index (χ2n) is 5.85. The number of nitro groups is 1. The van der Waals surface area contributed by atoms with Gasteiger partial charge in [0.05, 0.1) is 9.82 Å². The van der Waals surface area contributed by atoms with Crippen LogP contribution in [-0.4, -0.2) is 41.4 Å². The van der Waals surface area contributed by atoms with Gasteiger partial charge in [0.1, 0.15) is 11.6 Å². The van der Waals surface area contributed by atoms with Crippen molar-refractivity contribution in [1.29, 1.82) is 0 Å². The van der Waals surface area contributed by atoms with Crippen LogP contribution in [0.25, 0.3) is 0 Å². The van der Waals surface area contributed by atoms with E-state index in [2.05, 4.69) is 10.6 Å². The molecule has 0 radical (unpaired) electrons. The van der Waals surface area contributed by atoms with Crippen molar-refractivity contribution < 1.29 is 19.2 Å². The van der Waals surface area contributed by atoms with Crippen molar-refractivity contribution in [3.63, 3.8) is 0 Å². The summed E-state index contributed by atoms with van der Waals surface area (Å²) in [4.78, 5) is 34.7. The van der Waals surface area contributed by atoms with Gasteiger partial charge in [-0.15, -0.1) is 11.8 Å². The molecule has 0 fully saturated rings. The lowest BCUT2D eigenvalue weighted by Crippen LogP contribution is -2.48. The summed E-state index contributed by atoms with van der Waals surface area (Å²) in [6.45, 7) is 5.14. The Morgan fingerprint density at radius 2 is 1.96 bits per heavy atom. The van der Waals surface area contributed by atoms with Crippen LogP contribution in [0.4, 0.5) is 10.5 Å². The molecule has 1 aromatic carbocycles. The van der Waals surface area contributed by atoms with Gasteiger partial charge in [-0.2, -0.15) is 0 Å². The van der Waals surface area contributed by atoms with Crippen LogP contribution in [-0.2, 0) is 9.53 Å². The summed E-state index contributed by atoms with van der Waals surface area (Å²) in [6.07, 6.45) is -0.723. The Hall–Kier alpha value is -2.29. The molecular weight excluding hydrogens is 334 g/mol. The van der Waals surface area contributed by atoms with E-state index in [1.165, 1.54) is 13.1 Å². The Balaban J connectivity index is 2.79. The number of carbonyl (C=O) groups is 2. The van der Waals surface area contributed by atoms with Crippen LogP contribution in [0.1, 0.15) is 20.8 Å². The highest BCUT2D eigenvalue weighted by Crippen LogP contribution is 2.29. The molecule has 0 saturated carbocycles. The van der Waals surface area contributed by atoms with Crippen LogP contribution in [0.3, 0.4) is 0 Å². The van der Waals surface area contributed by atoms with Gasteiger partial charge in [0.2, 0.25) is 5.91 Å². The minimum absolute atomic E-state index is 0.0459. The summed E-state index contributed by atoms with van der Waals surface area (Å²) in [7, 11) is 1.45. The zero-order valence-corrected chi connectivity index (χ0v) is 14.8. The first-order chi connectivity index (χ1) is 11.1. The van der Waals surface area contributed by atoms with Crippen LogP contribution in [0.15, 0.2) is 29.2 Å². The van der Waals surface area contributed by atoms with E-state index in [0.717, 1.165) is 11.8 Å². The van der Waals surface area contributed by atoms with E-state index in [4.69, 9.17) is 4.74 Å². The molecule has 1 atom stereocenters. The summed E-state index contributed by atoms with van der Waals surface area (Å²) in [5.74, 6) is -0.281. The molecule has 2 amide bonds. The van der Waals surface area contributed by atoms with Gasteiger partial charge in [0, 0.05) is 18.9 Å². The molecule has 0 aliphatic carbocycles. The number of thioether (sulfide) groups is 1. The van der Waals surface area contributed by atoms with E-state index in [-0.39, 0.29) is 11.4 Å². The van der Waals surface area contributed by atoms with Crippen LogP contribution in [0.2, 0.25) is 0 Å². The minimum atomic E-state index is -0.880. The fourth-order valence-corrected chi connectivity index (χ4v) is 2.76. The standard InChI is InChI=1S/C15H21N3O5S/c1-15(2,3)23-14(20)17-10(13(19)16-4)9-24-12-8-6-5-7-11(12)18(21)22/h5-8,10H,9H2,1-4H3,(H,16,19)(H,17,20)/t10-/m0/s1. The molecule has 0 aliphatic heterocycles. The number of hydrogen-bond acceptors (Lipinski definition) is 6. The number of para-hydroxylation sites is 1. The normalized spacial score (nSPS) is 12.2. The lowest BCUT2D eigenvalue weighted by molar-refractivity contribution is -0.387. The lowest BCUT2D eigenvalue weighted by atomic mass is 10.2. The van der Waals surface area contributed by atoms with Crippen LogP contribution in [0.5, 0.6) is 0 Å². The highest BCUT2D eigenvalue weighted by molar-refractivity contribution is 7.99. The molecule has 9 heteroatoms. The fraction of sp³-hybridized carbons (Fsp3) is 0.467. The van der Waals surface area contributed by atoms with Crippen molar-refractivity contribution in [3.8, 4) is 0 Å². The molecule has 0 unspecified atom stereocenters. The molecule has 0 saturated heterocycles. The van der Waals surface area contributed by atoms with E-state index < -0.39 is 28.6 Å². The highest BCUT2D eigenvalue weighted by Gasteiger charge is 2.25. The predicted molar refractivity (Wildman–Crippen MR) is 91.0 cm³/mol. The zero-order valence-electron chi connectivity index (χ0n) is 14.0. The van der Waals surface area contributed by atoms with E-state index in [1.54, 1.807) is 39.0 Å². The van der Waals surface area contributed by atoms with Gasteiger partial charge in [-0.3, -0.25) is 14.9 Å². The molecule has 1 aromatic rings. The molecule has 0 bridgehead atoms. The topological polar surface area (TPSA) is 111 Å². The minimum Gasteiger partial charge on any atom is -0.444 e. The largest absolute Gasteiger partial charge is 0.444 e. The first-order valence-electron chi connectivity index (χ1n) is 7.21. The summed E-state index contributed by atoms with van der Waals surface area (Å²) >= 11 is 1.11. The van der Waals surface area contributed by atoms with Gasteiger partial charge >= 0.3 is 6.09 Å². The summed E-state index contributed by atoms with van der Waals surface area (Å²) in [5.41, 5.74) is -0.738. The average molecular weight is 355 g/mol. The Morgan fingerprint density at radius 1 is 1.33 bits per heavy atom. The van der Waals surface area contributed by atoms with Crippen LogP contribution in [0, 0.1) is 10.1 Å². The third kappa shape index (κ3) is 6.45. The molecule has 8 nitrogen and oxygen atoms in total. The quantitative estimate of drug-likeness (QED) is 0.460. The van der Waals surface area contributed by atoms with E-state index in [0.29, 0.717) is 4.90 Å². The molecule has 0 heterocycles. The van der Waals surface area contributed by atoms with Crippen molar-refractivity contribution >= 4 is 29.4 Å². The van der Waals surface area contributed by atoms with Gasteiger partial charge in [0.25, 0.3) is 5.69 Å². The fourth-order valence-electron chi connectivity index (χ4n) is 1.71. The maximum Gasteiger partial charge on any atom is 0.408 e. The predicted octanol–water partition coefficient (Wildman–Crippen LogP) is 2.33. The number of nitrogens with zero attached hydrogens (tertiary/aromatic N) is 1. The molecular formula is C15H21N3O5S. The Kier molecular flexibility index (Phi) is 7.02. The van der Waals surface area contributed by atoms with Gasteiger partial charge in [-0.1, -0.05) is 12.1 Å². The van der Waals surface area contributed by atoms with E-state index >= 15 is 0 Å². The number of likely N-dealkylation sites (N-methyl/N-ethyl adjacent to an activating group) is 1. The number of amides is 2. The van der Waals surface area contributed by atoms with E-state index in [1.807, 2.05) is 0 Å². The van der Waals surface area contributed by atoms with Crippen molar-refractivity contribution in [2.24, 2.45) is 0 Å². The van der Waals surface area contributed by atoms with Gasteiger partial charge in [0.15, 0.2) is 0 Å².